The number of hydrogen-bond acceptors (Lipinski definition) is 4. The second-order valence-electron chi connectivity index (χ2n) is 5.11. The Morgan fingerprint density at radius 2 is 1.95 bits per heavy atom. The van der Waals surface area contributed by atoms with Crippen LogP contribution in [0.3, 0.4) is 0 Å². The molecule has 6 heteroatoms. The van der Waals surface area contributed by atoms with Crippen molar-refractivity contribution in [3.63, 3.8) is 0 Å². The molecule has 1 heterocycles. The lowest BCUT2D eigenvalue weighted by Crippen LogP contribution is -2.47. The number of carbonyl (C=O) groups excluding carboxylic acids is 1. The zero-order valence-electron chi connectivity index (χ0n) is 11.1. The Morgan fingerprint density at radius 1 is 1.32 bits per heavy atom. The lowest BCUT2D eigenvalue weighted by Gasteiger charge is -2.23. The number of anilines is 1. The first-order chi connectivity index (χ1) is 8.81. The molecule has 1 aromatic rings. The summed E-state index contributed by atoms with van der Waals surface area (Å²) in [6.45, 7) is 2.72. The molecule has 2 N–H and O–H groups in total. The SMILES string of the molecule is CC1(C(=O)Nc2ccc(S(C)(=O)=O)cc2)CCCN1. The van der Waals surface area contributed by atoms with E-state index in [2.05, 4.69) is 10.6 Å². The van der Waals surface area contributed by atoms with E-state index < -0.39 is 15.4 Å². The number of carbonyl (C=O) groups is 1. The summed E-state index contributed by atoms with van der Waals surface area (Å²) >= 11 is 0. The van der Waals surface area contributed by atoms with Gasteiger partial charge in [-0.1, -0.05) is 0 Å². The molecule has 1 aliphatic heterocycles. The number of rotatable bonds is 3. The molecule has 1 atom stereocenters. The third-order valence-corrected chi connectivity index (χ3v) is 4.54. The molecule has 1 unspecified atom stereocenters. The van der Waals surface area contributed by atoms with Crippen LogP contribution in [0.4, 0.5) is 5.69 Å². The number of sulfone groups is 1. The van der Waals surface area contributed by atoms with Gasteiger partial charge in [-0.05, 0) is 50.6 Å². The van der Waals surface area contributed by atoms with Crippen molar-refractivity contribution in [2.75, 3.05) is 18.1 Å². The van der Waals surface area contributed by atoms with Gasteiger partial charge in [0.25, 0.3) is 0 Å². The molecule has 0 aromatic heterocycles. The monoisotopic (exact) mass is 282 g/mol. The van der Waals surface area contributed by atoms with E-state index >= 15 is 0 Å². The molecule has 1 saturated heterocycles. The molecule has 5 nitrogen and oxygen atoms in total. The van der Waals surface area contributed by atoms with Gasteiger partial charge < -0.3 is 10.6 Å². The second-order valence-corrected chi connectivity index (χ2v) is 7.13. The van der Waals surface area contributed by atoms with Crippen LogP contribution in [0, 0.1) is 0 Å². The lowest BCUT2D eigenvalue weighted by molar-refractivity contribution is -0.121. The van der Waals surface area contributed by atoms with Gasteiger partial charge >= 0.3 is 0 Å². The summed E-state index contributed by atoms with van der Waals surface area (Å²) in [6.07, 6.45) is 2.95. The lowest BCUT2D eigenvalue weighted by atomic mass is 9.99. The topological polar surface area (TPSA) is 75.3 Å². The predicted octanol–water partition coefficient (Wildman–Crippen LogP) is 1.17. The van der Waals surface area contributed by atoms with Crippen molar-refractivity contribution < 1.29 is 13.2 Å². The summed E-state index contributed by atoms with van der Waals surface area (Å²) in [6, 6.07) is 6.20. The molecular weight excluding hydrogens is 264 g/mol. The largest absolute Gasteiger partial charge is 0.324 e. The van der Waals surface area contributed by atoms with E-state index in [9.17, 15) is 13.2 Å². The van der Waals surface area contributed by atoms with E-state index in [-0.39, 0.29) is 10.8 Å². The van der Waals surface area contributed by atoms with Gasteiger partial charge in [-0.25, -0.2) is 8.42 Å². The van der Waals surface area contributed by atoms with Crippen LogP contribution in [-0.2, 0) is 14.6 Å². The van der Waals surface area contributed by atoms with Crippen molar-refractivity contribution in [1.29, 1.82) is 0 Å². The van der Waals surface area contributed by atoms with E-state index in [1.807, 2.05) is 6.92 Å². The van der Waals surface area contributed by atoms with E-state index in [0.717, 1.165) is 25.6 Å². The van der Waals surface area contributed by atoms with Crippen molar-refractivity contribution in [3.8, 4) is 0 Å². The third-order valence-electron chi connectivity index (χ3n) is 3.41. The quantitative estimate of drug-likeness (QED) is 0.872. The summed E-state index contributed by atoms with van der Waals surface area (Å²) in [5.74, 6) is -0.0860. The highest BCUT2D eigenvalue weighted by molar-refractivity contribution is 7.90. The number of hydrogen-bond donors (Lipinski definition) is 2. The van der Waals surface area contributed by atoms with Gasteiger partial charge in [0.1, 0.15) is 0 Å². The minimum atomic E-state index is -3.20. The van der Waals surface area contributed by atoms with E-state index in [0.29, 0.717) is 5.69 Å². The Kier molecular flexibility index (Phi) is 3.64. The van der Waals surface area contributed by atoms with Crippen molar-refractivity contribution in [2.45, 2.75) is 30.2 Å². The molecule has 0 aliphatic carbocycles. The maximum Gasteiger partial charge on any atom is 0.244 e. The Labute approximate surface area is 113 Å². The van der Waals surface area contributed by atoms with Crippen LogP contribution in [-0.4, -0.2) is 32.7 Å². The first-order valence-corrected chi connectivity index (χ1v) is 8.07. The number of benzene rings is 1. The Bertz CT molecular complexity index is 572. The van der Waals surface area contributed by atoms with Crippen molar-refractivity contribution >= 4 is 21.4 Å². The Hall–Kier alpha value is -1.40. The van der Waals surface area contributed by atoms with E-state index in [1.54, 1.807) is 12.1 Å². The van der Waals surface area contributed by atoms with Crippen LogP contribution < -0.4 is 10.6 Å². The summed E-state index contributed by atoms with van der Waals surface area (Å²) in [4.78, 5) is 12.4. The molecule has 1 fully saturated rings. The first kappa shape index (κ1) is 14.0. The van der Waals surface area contributed by atoms with Crippen LogP contribution in [0.1, 0.15) is 19.8 Å². The molecule has 0 radical (unpaired) electrons. The van der Waals surface area contributed by atoms with Crippen molar-refractivity contribution in [3.05, 3.63) is 24.3 Å². The van der Waals surface area contributed by atoms with Gasteiger partial charge in [0.15, 0.2) is 9.84 Å². The van der Waals surface area contributed by atoms with Gasteiger partial charge in [-0.15, -0.1) is 0 Å². The summed E-state index contributed by atoms with van der Waals surface area (Å²) < 4.78 is 22.7. The average Bonchev–Trinajstić information content (AvgIpc) is 2.77. The summed E-state index contributed by atoms with van der Waals surface area (Å²) in [5.41, 5.74) is 0.0718. The molecule has 0 spiro atoms. The van der Waals surface area contributed by atoms with Crippen LogP contribution in [0.2, 0.25) is 0 Å². The van der Waals surface area contributed by atoms with Gasteiger partial charge in [0, 0.05) is 11.9 Å². The number of amides is 1. The molecule has 0 bridgehead atoms. The summed E-state index contributed by atoms with van der Waals surface area (Å²) in [7, 11) is -3.20. The average molecular weight is 282 g/mol. The van der Waals surface area contributed by atoms with E-state index in [4.69, 9.17) is 0 Å². The smallest absolute Gasteiger partial charge is 0.244 e. The highest BCUT2D eigenvalue weighted by Crippen LogP contribution is 2.21. The fourth-order valence-corrected chi connectivity index (χ4v) is 2.77. The van der Waals surface area contributed by atoms with Crippen molar-refractivity contribution in [1.82, 2.24) is 5.32 Å². The van der Waals surface area contributed by atoms with Crippen LogP contribution in [0.5, 0.6) is 0 Å². The summed E-state index contributed by atoms with van der Waals surface area (Å²) in [5, 5.41) is 5.99. The maximum atomic E-state index is 12.1. The Morgan fingerprint density at radius 3 is 2.42 bits per heavy atom. The molecular formula is C13H18N2O3S. The second kappa shape index (κ2) is 4.94. The molecule has 2 rings (SSSR count). The fourth-order valence-electron chi connectivity index (χ4n) is 2.14. The van der Waals surface area contributed by atoms with Gasteiger partial charge in [-0.2, -0.15) is 0 Å². The molecule has 104 valence electrons. The molecule has 0 saturated carbocycles. The zero-order valence-corrected chi connectivity index (χ0v) is 11.9. The standard InChI is InChI=1S/C13H18N2O3S/c1-13(8-3-9-14-13)12(16)15-10-4-6-11(7-5-10)19(2,17)18/h4-7,14H,3,8-9H2,1-2H3,(H,15,16). The van der Waals surface area contributed by atoms with Crippen LogP contribution in [0.15, 0.2) is 29.2 Å². The van der Waals surface area contributed by atoms with Gasteiger partial charge in [0.05, 0.1) is 10.4 Å². The van der Waals surface area contributed by atoms with E-state index in [1.165, 1.54) is 12.1 Å². The predicted molar refractivity (Wildman–Crippen MR) is 73.8 cm³/mol. The fraction of sp³-hybridized carbons (Fsp3) is 0.462. The molecule has 19 heavy (non-hydrogen) atoms. The molecule has 1 amide bonds. The maximum absolute atomic E-state index is 12.1. The third kappa shape index (κ3) is 3.13. The molecule has 1 aromatic carbocycles. The van der Waals surface area contributed by atoms with Crippen LogP contribution in [0.25, 0.3) is 0 Å². The Balaban J connectivity index is 2.10. The first-order valence-electron chi connectivity index (χ1n) is 6.18. The van der Waals surface area contributed by atoms with Gasteiger partial charge in [-0.3, -0.25) is 4.79 Å². The zero-order chi connectivity index (χ0) is 14.1. The van der Waals surface area contributed by atoms with Crippen LogP contribution >= 0.6 is 0 Å². The minimum absolute atomic E-state index is 0.0860. The highest BCUT2D eigenvalue weighted by Gasteiger charge is 2.35. The molecule has 1 aliphatic rings. The van der Waals surface area contributed by atoms with Crippen molar-refractivity contribution in [2.24, 2.45) is 0 Å². The highest BCUT2D eigenvalue weighted by atomic mass is 32.2. The normalized spacial score (nSPS) is 23.3. The van der Waals surface area contributed by atoms with Gasteiger partial charge in [0.2, 0.25) is 5.91 Å². The number of nitrogens with one attached hydrogen (secondary N) is 2. The minimum Gasteiger partial charge on any atom is -0.324 e.